The van der Waals surface area contributed by atoms with Crippen molar-refractivity contribution in [3.8, 4) is 0 Å². The van der Waals surface area contributed by atoms with E-state index in [1.54, 1.807) is 0 Å². The predicted octanol–water partition coefficient (Wildman–Crippen LogP) is 3.72. The second-order valence-electron chi connectivity index (χ2n) is 5.16. The molecule has 1 aliphatic rings. The van der Waals surface area contributed by atoms with Crippen LogP contribution >= 0.6 is 12.2 Å². The average Bonchev–Trinajstić information content (AvgIpc) is 2.82. The summed E-state index contributed by atoms with van der Waals surface area (Å²) in [5, 5.41) is 3.84. The third-order valence-corrected chi connectivity index (χ3v) is 3.73. The Morgan fingerprint density at radius 2 is 1.45 bits per heavy atom. The molecule has 0 fully saturated rings. The topological polar surface area (TPSA) is 24.4 Å². The van der Waals surface area contributed by atoms with Gasteiger partial charge in [-0.3, -0.25) is 0 Å². The number of aryl methyl sites for hydroxylation is 2. The Morgan fingerprint density at radius 1 is 0.900 bits per heavy atom. The molecule has 0 saturated carbocycles. The number of hydrogen-bond acceptors (Lipinski definition) is 1. The van der Waals surface area contributed by atoms with Crippen molar-refractivity contribution in [2.45, 2.75) is 19.9 Å². The van der Waals surface area contributed by atoms with Gasteiger partial charge in [-0.05, 0) is 37.2 Å². The summed E-state index contributed by atoms with van der Waals surface area (Å²) in [4.78, 5) is 4.51. The van der Waals surface area contributed by atoms with Crippen molar-refractivity contribution in [3.05, 3.63) is 70.8 Å². The summed E-state index contributed by atoms with van der Waals surface area (Å²) in [6.07, 6.45) is 0. The van der Waals surface area contributed by atoms with Crippen LogP contribution in [0.15, 0.2) is 53.5 Å². The molecule has 1 aliphatic heterocycles. The molecule has 0 aliphatic carbocycles. The minimum absolute atomic E-state index is 0.0470. The molecule has 2 aromatic carbocycles. The van der Waals surface area contributed by atoms with E-state index in [2.05, 4.69) is 72.7 Å². The third kappa shape index (κ3) is 2.49. The van der Waals surface area contributed by atoms with E-state index < -0.39 is 0 Å². The first-order chi connectivity index (χ1) is 9.63. The molecule has 0 aromatic heterocycles. The smallest absolute Gasteiger partial charge is 0.193 e. The lowest BCUT2D eigenvalue weighted by atomic mass is 9.96. The zero-order chi connectivity index (χ0) is 14.1. The molecule has 20 heavy (non-hydrogen) atoms. The van der Waals surface area contributed by atoms with Crippen molar-refractivity contribution in [2.24, 2.45) is 4.99 Å². The van der Waals surface area contributed by atoms with Gasteiger partial charge in [-0.25, -0.2) is 4.99 Å². The lowest BCUT2D eigenvalue weighted by Gasteiger charge is -2.15. The Bertz CT molecular complexity index is 669. The van der Waals surface area contributed by atoms with Crippen LogP contribution in [0.5, 0.6) is 0 Å². The average molecular weight is 280 g/mol. The molecule has 3 heteroatoms. The molecule has 1 heterocycles. The van der Waals surface area contributed by atoms with Crippen LogP contribution in [0.2, 0.25) is 0 Å². The van der Waals surface area contributed by atoms with Gasteiger partial charge < -0.3 is 5.32 Å². The van der Waals surface area contributed by atoms with Gasteiger partial charge in [0.1, 0.15) is 0 Å². The second-order valence-corrected chi connectivity index (χ2v) is 5.54. The highest BCUT2D eigenvalue weighted by Gasteiger charge is 2.26. The maximum absolute atomic E-state index is 5.23. The molecule has 1 atom stereocenters. The van der Waals surface area contributed by atoms with Crippen molar-refractivity contribution >= 4 is 23.0 Å². The molecule has 2 aromatic rings. The van der Waals surface area contributed by atoms with E-state index in [4.69, 9.17) is 12.2 Å². The first kappa shape index (κ1) is 13.0. The maximum atomic E-state index is 5.23. The Kier molecular flexibility index (Phi) is 3.36. The molecule has 100 valence electrons. The predicted molar refractivity (Wildman–Crippen MR) is 87.4 cm³/mol. The first-order valence-corrected chi connectivity index (χ1v) is 7.07. The van der Waals surface area contributed by atoms with Gasteiger partial charge in [-0.1, -0.05) is 59.7 Å². The fourth-order valence-electron chi connectivity index (χ4n) is 2.35. The Morgan fingerprint density at radius 3 is 2.05 bits per heavy atom. The highest BCUT2D eigenvalue weighted by Crippen LogP contribution is 2.24. The highest BCUT2D eigenvalue weighted by molar-refractivity contribution is 7.80. The Labute approximate surface area is 124 Å². The van der Waals surface area contributed by atoms with Crippen LogP contribution in [-0.2, 0) is 0 Å². The summed E-state index contributed by atoms with van der Waals surface area (Å²) < 4.78 is 0. The molecule has 1 N–H and O–H groups in total. The van der Waals surface area contributed by atoms with Gasteiger partial charge in [-0.2, -0.15) is 0 Å². The van der Waals surface area contributed by atoms with Crippen molar-refractivity contribution in [2.75, 3.05) is 0 Å². The van der Waals surface area contributed by atoms with Crippen LogP contribution in [0.25, 0.3) is 0 Å². The van der Waals surface area contributed by atoms with Crippen molar-refractivity contribution in [3.63, 3.8) is 0 Å². The van der Waals surface area contributed by atoms with Gasteiger partial charge >= 0.3 is 0 Å². The maximum Gasteiger partial charge on any atom is 0.193 e. The fraction of sp³-hybridized carbons (Fsp3) is 0.176. The van der Waals surface area contributed by atoms with E-state index in [0.717, 1.165) is 11.3 Å². The SMILES string of the molecule is Cc1ccc(C2=NC(=S)N[C@H]2c2ccc(C)cc2)cc1. The van der Waals surface area contributed by atoms with E-state index in [9.17, 15) is 0 Å². The fourth-order valence-corrected chi connectivity index (χ4v) is 2.57. The van der Waals surface area contributed by atoms with Crippen LogP contribution in [0.4, 0.5) is 0 Å². The number of thiocarbonyl (C=S) groups is 1. The molecular formula is C17H16N2S. The summed E-state index contributed by atoms with van der Waals surface area (Å²) in [7, 11) is 0. The minimum Gasteiger partial charge on any atom is -0.348 e. The quantitative estimate of drug-likeness (QED) is 0.848. The van der Waals surface area contributed by atoms with Crippen LogP contribution in [0, 0.1) is 13.8 Å². The molecule has 0 unspecified atom stereocenters. The lowest BCUT2D eigenvalue weighted by Crippen LogP contribution is -2.23. The van der Waals surface area contributed by atoms with Crippen LogP contribution in [-0.4, -0.2) is 10.8 Å². The number of hydrogen-bond donors (Lipinski definition) is 1. The number of nitrogens with zero attached hydrogens (tertiary/aromatic N) is 1. The van der Waals surface area contributed by atoms with E-state index >= 15 is 0 Å². The van der Waals surface area contributed by atoms with E-state index in [1.807, 2.05) is 0 Å². The standard InChI is InChI=1S/C17H16N2S/c1-11-3-7-13(8-4-11)15-16(19-17(20)18-15)14-9-5-12(2)6-10-14/h3-10,15H,1-2H3,(H,18,20)/t15-/m0/s1. The summed E-state index contributed by atoms with van der Waals surface area (Å²) in [6.45, 7) is 4.17. The summed E-state index contributed by atoms with van der Waals surface area (Å²) in [5.41, 5.74) is 5.81. The lowest BCUT2D eigenvalue weighted by molar-refractivity contribution is 0.867. The van der Waals surface area contributed by atoms with E-state index in [1.165, 1.54) is 16.7 Å². The van der Waals surface area contributed by atoms with Crippen LogP contribution in [0.1, 0.15) is 28.3 Å². The zero-order valence-corrected chi connectivity index (χ0v) is 12.4. The van der Waals surface area contributed by atoms with Crippen LogP contribution in [0.3, 0.4) is 0 Å². The van der Waals surface area contributed by atoms with Crippen molar-refractivity contribution in [1.82, 2.24) is 5.32 Å². The first-order valence-electron chi connectivity index (χ1n) is 6.66. The molecule has 0 saturated heterocycles. The van der Waals surface area contributed by atoms with Crippen molar-refractivity contribution in [1.29, 1.82) is 0 Å². The van der Waals surface area contributed by atoms with E-state index in [0.29, 0.717) is 5.11 Å². The van der Waals surface area contributed by atoms with Gasteiger partial charge in [0.25, 0.3) is 0 Å². The summed E-state index contributed by atoms with van der Waals surface area (Å²) >= 11 is 5.23. The Hall–Kier alpha value is -2.00. The highest BCUT2D eigenvalue weighted by atomic mass is 32.1. The number of benzene rings is 2. The number of nitrogens with one attached hydrogen (secondary N) is 1. The molecule has 3 rings (SSSR count). The second kappa shape index (κ2) is 5.17. The molecule has 0 bridgehead atoms. The zero-order valence-electron chi connectivity index (χ0n) is 11.6. The van der Waals surface area contributed by atoms with Crippen LogP contribution < -0.4 is 5.32 Å². The van der Waals surface area contributed by atoms with Crippen molar-refractivity contribution < 1.29 is 0 Å². The molecule has 0 amide bonds. The number of rotatable bonds is 2. The van der Waals surface area contributed by atoms with Gasteiger partial charge in [0.15, 0.2) is 5.11 Å². The number of aliphatic imine (C=N–C) groups is 1. The summed E-state index contributed by atoms with van der Waals surface area (Å²) in [5.74, 6) is 0. The van der Waals surface area contributed by atoms with Gasteiger partial charge in [0.2, 0.25) is 0 Å². The van der Waals surface area contributed by atoms with Gasteiger partial charge in [0, 0.05) is 0 Å². The molecular weight excluding hydrogens is 264 g/mol. The summed E-state index contributed by atoms with van der Waals surface area (Å²) in [6, 6.07) is 16.9. The van der Waals surface area contributed by atoms with E-state index in [-0.39, 0.29) is 6.04 Å². The normalized spacial score (nSPS) is 17.8. The Balaban J connectivity index is 1.99. The van der Waals surface area contributed by atoms with Gasteiger partial charge in [0.05, 0.1) is 11.8 Å². The third-order valence-electron chi connectivity index (χ3n) is 3.52. The molecule has 2 nitrogen and oxygen atoms in total. The largest absolute Gasteiger partial charge is 0.348 e. The monoisotopic (exact) mass is 280 g/mol. The molecule has 0 radical (unpaired) electrons. The molecule has 0 spiro atoms. The minimum atomic E-state index is 0.0470. The van der Waals surface area contributed by atoms with Gasteiger partial charge in [-0.15, -0.1) is 0 Å².